The van der Waals surface area contributed by atoms with Crippen molar-refractivity contribution in [1.82, 2.24) is 5.32 Å². The molecule has 0 atom stereocenters. The normalized spacial score (nSPS) is 13.6. The average Bonchev–Trinajstić information content (AvgIpc) is 1.99. The number of thioether (sulfide) groups is 1. The molecule has 1 N–H and O–H groups in total. The molecule has 0 aliphatic heterocycles. The number of hydrogen-bond acceptors (Lipinski definition) is 2. The van der Waals surface area contributed by atoms with E-state index in [0.717, 1.165) is 10.9 Å². The van der Waals surface area contributed by atoms with E-state index in [4.69, 9.17) is 0 Å². The molecule has 0 aromatic heterocycles. The molecular formula is C7H14N2S. The molecule has 0 unspecified atom stereocenters. The third kappa shape index (κ3) is 3.56. The molecule has 0 rings (SSSR count). The Morgan fingerprint density at radius 1 is 1.60 bits per heavy atom. The van der Waals surface area contributed by atoms with Gasteiger partial charge >= 0.3 is 0 Å². The second-order valence-corrected chi connectivity index (χ2v) is 2.62. The van der Waals surface area contributed by atoms with E-state index in [-0.39, 0.29) is 0 Å². The Labute approximate surface area is 66.8 Å². The molecule has 3 heteroatoms. The van der Waals surface area contributed by atoms with Crippen molar-refractivity contribution in [1.29, 1.82) is 0 Å². The molecule has 0 aliphatic rings. The van der Waals surface area contributed by atoms with Crippen molar-refractivity contribution in [3.8, 4) is 0 Å². The van der Waals surface area contributed by atoms with Gasteiger partial charge in [-0.05, 0) is 20.1 Å². The van der Waals surface area contributed by atoms with Crippen LogP contribution in [0.3, 0.4) is 0 Å². The highest BCUT2D eigenvalue weighted by Gasteiger charge is 1.92. The molecule has 0 saturated heterocycles. The SMILES string of the molecule is C/C=C(\C)NC(=NC)SC. The van der Waals surface area contributed by atoms with E-state index >= 15 is 0 Å². The van der Waals surface area contributed by atoms with Crippen molar-refractivity contribution < 1.29 is 0 Å². The molecule has 2 nitrogen and oxygen atoms in total. The first-order valence-corrected chi connectivity index (χ1v) is 4.37. The van der Waals surface area contributed by atoms with Crippen LogP contribution in [-0.2, 0) is 0 Å². The van der Waals surface area contributed by atoms with E-state index in [2.05, 4.69) is 10.3 Å². The van der Waals surface area contributed by atoms with Gasteiger partial charge in [0.2, 0.25) is 0 Å². The second kappa shape index (κ2) is 5.35. The number of allylic oxidation sites excluding steroid dienone is 2. The third-order valence-electron chi connectivity index (χ3n) is 1.13. The summed E-state index contributed by atoms with van der Waals surface area (Å²) in [7, 11) is 1.78. The Hall–Kier alpha value is -0.440. The van der Waals surface area contributed by atoms with Crippen LogP contribution in [0.2, 0.25) is 0 Å². The van der Waals surface area contributed by atoms with Crippen molar-refractivity contribution in [2.24, 2.45) is 4.99 Å². The number of rotatable bonds is 1. The zero-order chi connectivity index (χ0) is 7.98. The molecule has 10 heavy (non-hydrogen) atoms. The molecular weight excluding hydrogens is 144 g/mol. The van der Waals surface area contributed by atoms with E-state index in [1.165, 1.54) is 0 Å². The average molecular weight is 158 g/mol. The fourth-order valence-corrected chi connectivity index (χ4v) is 0.885. The lowest BCUT2D eigenvalue weighted by Gasteiger charge is -2.04. The molecule has 0 radical (unpaired) electrons. The van der Waals surface area contributed by atoms with Crippen LogP contribution in [0, 0.1) is 0 Å². The maximum atomic E-state index is 4.02. The van der Waals surface area contributed by atoms with Gasteiger partial charge in [-0.25, -0.2) is 0 Å². The highest BCUT2D eigenvalue weighted by Crippen LogP contribution is 1.96. The highest BCUT2D eigenvalue weighted by atomic mass is 32.2. The fraction of sp³-hybridized carbons (Fsp3) is 0.571. The van der Waals surface area contributed by atoms with Crippen LogP contribution >= 0.6 is 11.8 Å². The molecule has 0 amide bonds. The van der Waals surface area contributed by atoms with Crippen LogP contribution in [0.5, 0.6) is 0 Å². The number of hydrogen-bond donors (Lipinski definition) is 1. The molecule has 0 heterocycles. The van der Waals surface area contributed by atoms with Gasteiger partial charge in [-0.15, -0.1) is 0 Å². The maximum Gasteiger partial charge on any atom is 0.160 e. The standard InChI is InChI=1S/C7H14N2S/c1-5-6(2)9-7(8-3)10-4/h5H,1-4H3,(H,8,9)/b6-5+. The third-order valence-corrected chi connectivity index (χ3v) is 1.80. The number of nitrogens with one attached hydrogen (secondary N) is 1. The van der Waals surface area contributed by atoms with Gasteiger partial charge in [0, 0.05) is 12.7 Å². The highest BCUT2D eigenvalue weighted by molar-refractivity contribution is 8.13. The lowest BCUT2D eigenvalue weighted by atomic mass is 10.5. The van der Waals surface area contributed by atoms with Gasteiger partial charge in [-0.3, -0.25) is 4.99 Å². The molecule has 0 aliphatic carbocycles. The Morgan fingerprint density at radius 3 is 2.50 bits per heavy atom. The topological polar surface area (TPSA) is 24.4 Å². The van der Waals surface area contributed by atoms with Crippen molar-refractivity contribution in [2.45, 2.75) is 13.8 Å². The Bertz CT molecular complexity index is 150. The summed E-state index contributed by atoms with van der Waals surface area (Å²) in [6.45, 7) is 4.01. The summed E-state index contributed by atoms with van der Waals surface area (Å²) in [5, 5.41) is 4.09. The molecule has 58 valence electrons. The monoisotopic (exact) mass is 158 g/mol. The first-order valence-electron chi connectivity index (χ1n) is 3.15. The zero-order valence-electron chi connectivity index (χ0n) is 6.93. The van der Waals surface area contributed by atoms with Crippen LogP contribution in [-0.4, -0.2) is 18.5 Å². The van der Waals surface area contributed by atoms with Crippen LogP contribution in [0.15, 0.2) is 16.8 Å². The van der Waals surface area contributed by atoms with Crippen LogP contribution in [0.4, 0.5) is 0 Å². The van der Waals surface area contributed by atoms with E-state index < -0.39 is 0 Å². The quantitative estimate of drug-likeness (QED) is 0.465. The van der Waals surface area contributed by atoms with Gasteiger partial charge in [0.1, 0.15) is 0 Å². The Morgan fingerprint density at radius 2 is 2.20 bits per heavy atom. The summed E-state index contributed by atoms with van der Waals surface area (Å²) < 4.78 is 0. The Kier molecular flexibility index (Phi) is 5.12. The minimum absolute atomic E-state index is 0.954. The van der Waals surface area contributed by atoms with E-state index in [1.54, 1.807) is 18.8 Å². The summed E-state index contributed by atoms with van der Waals surface area (Å²) in [5.74, 6) is 0. The number of aliphatic imine (C=N–C) groups is 1. The minimum atomic E-state index is 0.954. The Balaban J connectivity index is 3.88. The van der Waals surface area contributed by atoms with Gasteiger partial charge in [0.15, 0.2) is 5.17 Å². The lowest BCUT2D eigenvalue weighted by Crippen LogP contribution is -2.17. The van der Waals surface area contributed by atoms with Crippen molar-refractivity contribution in [2.75, 3.05) is 13.3 Å². The molecule has 0 spiro atoms. The first-order chi connectivity index (χ1) is 4.74. The van der Waals surface area contributed by atoms with E-state index in [0.29, 0.717) is 0 Å². The van der Waals surface area contributed by atoms with E-state index in [1.807, 2.05) is 26.2 Å². The summed E-state index contributed by atoms with van der Waals surface area (Å²) in [6.07, 6.45) is 4.01. The second-order valence-electron chi connectivity index (χ2n) is 1.83. The van der Waals surface area contributed by atoms with E-state index in [9.17, 15) is 0 Å². The van der Waals surface area contributed by atoms with Gasteiger partial charge < -0.3 is 5.32 Å². The number of amidine groups is 1. The van der Waals surface area contributed by atoms with Crippen LogP contribution in [0.1, 0.15) is 13.8 Å². The fourth-order valence-electron chi connectivity index (χ4n) is 0.439. The zero-order valence-corrected chi connectivity index (χ0v) is 7.75. The summed E-state index contributed by atoms with van der Waals surface area (Å²) in [6, 6.07) is 0. The van der Waals surface area contributed by atoms with Crippen LogP contribution in [0.25, 0.3) is 0 Å². The lowest BCUT2D eigenvalue weighted by molar-refractivity contribution is 1.12. The molecule has 0 aromatic rings. The predicted octanol–water partition coefficient (Wildman–Crippen LogP) is 1.85. The summed E-state index contributed by atoms with van der Waals surface area (Å²) in [5.41, 5.74) is 1.13. The summed E-state index contributed by atoms with van der Waals surface area (Å²) in [4.78, 5) is 4.02. The first kappa shape index (κ1) is 9.56. The van der Waals surface area contributed by atoms with Crippen molar-refractivity contribution in [3.05, 3.63) is 11.8 Å². The summed E-state index contributed by atoms with van der Waals surface area (Å²) >= 11 is 1.61. The van der Waals surface area contributed by atoms with Gasteiger partial charge in [-0.1, -0.05) is 17.8 Å². The molecule has 0 bridgehead atoms. The predicted molar refractivity (Wildman–Crippen MR) is 49.4 cm³/mol. The van der Waals surface area contributed by atoms with Gasteiger partial charge in [0.05, 0.1) is 0 Å². The van der Waals surface area contributed by atoms with Gasteiger partial charge in [-0.2, -0.15) is 0 Å². The molecule has 0 saturated carbocycles. The van der Waals surface area contributed by atoms with Crippen molar-refractivity contribution >= 4 is 16.9 Å². The molecule has 0 fully saturated rings. The maximum absolute atomic E-state index is 4.02. The van der Waals surface area contributed by atoms with Crippen LogP contribution < -0.4 is 5.32 Å². The van der Waals surface area contributed by atoms with Gasteiger partial charge in [0.25, 0.3) is 0 Å². The van der Waals surface area contributed by atoms with Crippen molar-refractivity contribution in [3.63, 3.8) is 0 Å². The number of nitrogens with zero attached hydrogens (tertiary/aromatic N) is 1. The molecule has 0 aromatic carbocycles. The smallest absolute Gasteiger partial charge is 0.160 e. The minimum Gasteiger partial charge on any atom is -0.339 e. The largest absolute Gasteiger partial charge is 0.339 e.